The number of anilines is 1. The van der Waals surface area contributed by atoms with E-state index in [1.807, 2.05) is 42.5 Å². The Labute approximate surface area is 145 Å². The molecule has 0 fully saturated rings. The first-order valence-electron chi connectivity index (χ1n) is 8.63. The van der Waals surface area contributed by atoms with Gasteiger partial charge in [-0.1, -0.05) is 64.1 Å². The first-order valence-corrected chi connectivity index (χ1v) is 8.63. The second kappa shape index (κ2) is 8.53. The van der Waals surface area contributed by atoms with E-state index in [4.69, 9.17) is 4.74 Å². The molecule has 0 aliphatic rings. The number of rotatable bonds is 7. The third-order valence-electron chi connectivity index (χ3n) is 4.28. The van der Waals surface area contributed by atoms with Crippen LogP contribution in [0.3, 0.4) is 0 Å². The number of benzene rings is 2. The Kier molecular flexibility index (Phi) is 6.42. The number of carbonyl (C=O) groups excluding carboxylic acids is 1. The summed E-state index contributed by atoms with van der Waals surface area (Å²) >= 11 is 0. The lowest BCUT2D eigenvalue weighted by atomic mass is 9.97. The molecular formula is C21H27NO2. The Morgan fingerprint density at radius 1 is 1.00 bits per heavy atom. The zero-order chi connectivity index (χ0) is 17.5. The molecule has 24 heavy (non-hydrogen) atoms. The van der Waals surface area contributed by atoms with Crippen molar-refractivity contribution in [2.45, 2.75) is 46.0 Å². The molecule has 3 nitrogen and oxygen atoms in total. The van der Waals surface area contributed by atoms with Gasteiger partial charge in [0.25, 0.3) is 5.91 Å². The monoisotopic (exact) mass is 325 g/mol. The Balaban J connectivity index is 2.03. The van der Waals surface area contributed by atoms with Crippen molar-refractivity contribution < 1.29 is 9.53 Å². The van der Waals surface area contributed by atoms with Crippen LogP contribution in [0, 0.1) is 0 Å². The van der Waals surface area contributed by atoms with E-state index in [1.54, 1.807) is 0 Å². The molecule has 0 aliphatic carbocycles. The predicted molar refractivity (Wildman–Crippen MR) is 99.8 cm³/mol. The zero-order valence-corrected chi connectivity index (χ0v) is 15.0. The van der Waals surface area contributed by atoms with Gasteiger partial charge < -0.3 is 10.1 Å². The number of hydrogen-bond donors (Lipinski definition) is 1. The lowest BCUT2D eigenvalue weighted by Crippen LogP contribution is -2.21. The van der Waals surface area contributed by atoms with Crippen LogP contribution in [-0.4, -0.2) is 12.5 Å². The summed E-state index contributed by atoms with van der Waals surface area (Å²) in [6, 6.07) is 15.8. The quantitative estimate of drug-likeness (QED) is 0.746. The summed E-state index contributed by atoms with van der Waals surface area (Å²) in [5.74, 6) is 1.40. The second-order valence-electron chi connectivity index (χ2n) is 6.43. The van der Waals surface area contributed by atoms with Gasteiger partial charge in [-0.25, -0.2) is 0 Å². The maximum atomic E-state index is 12.3. The summed E-state index contributed by atoms with van der Waals surface area (Å²) in [6.07, 6.45) is 1.03. The highest BCUT2D eigenvalue weighted by atomic mass is 16.5. The van der Waals surface area contributed by atoms with Gasteiger partial charge in [-0.15, -0.1) is 0 Å². The molecule has 0 bridgehead atoms. The highest BCUT2D eigenvalue weighted by Crippen LogP contribution is 2.27. The van der Waals surface area contributed by atoms with E-state index < -0.39 is 0 Å². The summed E-state index contributed by atoms with van der Waals surface area (Å²) < 4.78 is 5.75. The molecule has 1 atom stereocenters. The number of nitrogens with one attached hydrogen (secondary N) is 1. The fraction of sp³-hybridized carbons (Fsp3) is 0.381. The lowest BCUT2D eigenvalue weighted by Gasteiger charge is -2.17. The number of hydrogen-bond acceptors (Lipinski definition) is 2. The Morgan fingerprint density at radius 3 is 2.29 bits per heavy atom. The summed E-state index contributed by atoms with van der Waals surface area (Å²) in [6.45, 7) is 8.56. The van der Waals surface area contributed by atoms with Gasteiger partial charge in [0.15, 0.2) is 6.61 Å². The minimum Gasteiger partial charge on any atom is -0.483 e. The van der Waals surface area contributed by atoms with Crippen LogP contribution in [0.15, 0.2) is 48.5 Å². The van der Waals surface area contributed by atoms with Crippen LogP contribution in [0.2, 0.25) is 0 Å². The SMILES string of the molecule is CC[C@H](C)c1ccccc1NC(=O)COc1ccccc1C(C)C. The third-order valence-corrected chi connectivity index (χ3v) is 4.28. The molecule has 0 spiro atoms. The number of para-hydroxylation sites is 2. The highest BCUT2D eigenvalue weighted by molar-refractivity contribution is 5.92. The molecule has 2 rings (SSSR count). The molecule has 0 saturated carbocycles. The summed E-state index contributed by atoms with van der Waals surface area (Å²) in [7, 11) is 0. The van der Waals surface area contributed by atoms with Gasteiger partial charge in [-0.3, -0.25) is 4.79 Å². The van der Waals surface area contributed by atoms with Crippen molar-refractivity contribution in [3.8, 4) is 5.75 Å². The smallest absolute Gasteiger partial charge is 0.262 e. The van der Waals surface area contributed by atoms with E-state index >= 15 is 0 Å². The van der Waals surface area contributed by atoms with Gasteiger partial charge in [0.2, 0.25) is 0 Å². The van der Waals surface area contributed by atoms with Gasteiger partial charge in [0.05, 0.1) is 0 Å². The van der Waals surface area contributed by atoms with Crippen molar-refractivity contribution in [2.24, 2.45) is 0 Å². The van der Waals surface area contributed by atoms with Gasteiger partial charge in [-0.05, 0) is 41.5 Å². The Hall–Kier alpha value is -2.29. The van der Waals surface area contributed by atoms with Crippen LogP contribution in [0.4, 0.5) is 5.69 Å². The van der Waals surface area contributed by atoms with Crippen LogP contribution in [0.5, 0.6) is 5.75 Å². The normalized spacial score (nSPS) is 12.0. The number of amides is 1. The first kappa shape index (κ1) is 18.1. The Bertz CT molecular complexity index is 679. The van der Waals surface area contributed by atoms with Gasteiger partial charge in [-0.2, -0.15) is 0 Å². The van der Waals surface area contributed by atoms with Gasteiger partial charge in [0, 0.05) is 5.69 Å². The first-order chi connectivity index (χ1) is 11.5. The van der Waals surface area contributed by atoms with Crippen molar-refractivity contribution >= 4 is 11.6 Å². The minimum atomic E-state index is -0.135. The molecule has 128 valence electrons. The average Bonchev–Trinajstić information content (AvgIpc) is 2.60. The number of ether oxygens (including phenoxy) is 1. The summed E-state index contributed by atoms with van der Waals surface area (Å²) in [4.78, 5) is 12.3. The largest absolute Gasteiger partial charge is 0.483 e. The summed E-state index contributed by atoms with van der Waals surface area (Å²) in [5.41, 5.74) is 3.15. The maximum absolute atomic E-state index is 12.3. The standard InChI is InChI=1S/C21H27NO2/c1-5-16(4)18-11-6-8-12-19(18)22-21(23)14-24-20-13-9-7-10-17(20)15(2)3/h6-13,15-16H,5,14H2,1-4H3,(H,22,23)/t16-/m0/s1. The molecule has 0 saturated heterocycles. The third kappa shape index (κ3) is 4.60. The van der Waals surface area contributed by atoms with Crippen LogP contribution in [0.25, 0.3) is 0 Å². The van der Waals surface area contributed by atoms with E-state index in [2.05, 4.69) is 39.1 Å². The topological polar surface area (TPSA) is 38.3 Å². The summed E-state index contributed by atoms with van der Waals surface area (Å²) in [5, 5.41) is 2.98. The van der Waals surface area contributed by atoms with Crippen molar-refractivity contribution in [2.75, 3.05) is 11.9 Å². The molecule has 3 heteroatoms. The van der Waals surface area contributed by atoms with Gasteiger partial charge in [0.1, 0.15) is 5.75 Å². The molecule has 1 amide bonds. The minimum absolute atomic E-state index is 0.0125. The molecule has 2 aromatic rings. The predicted octanol–water partition coefficient (Wildman–Crippen LogP) is 5.34. The van der Waals surface area contributed by atoms with E-state index in [0.717, 1.165) is 29.0 Å². The molecule has 0 radical (unpaired) electrons. The fourth-order valence-corrected chi connectivity index (χ4v) is 2.68. The fourth-order valence-electron chi connectivity index (χ4n) is 2.68. The molecule has 0 heterocycles. The lowest BCUT2D eigenvalue weighted by molar-refractivity contribution is -0.118. The average molecular weight is 325 g/mol. The Morgan fingerprint density at radius 2 is 1.62 bits per heavy atom. The van der Waals surface area contributed by atoms with Crippen molar-refractivity contribution in [3.63, 3.8) is 0 Å². The van der Waals surface area contributed by atoms with Crippen molar-refractivity contribution in [3.05, 3.63) is 59.7 Å². The molecule has 0 aliphatic heterocycles. The molecule has 2 aromatic carbocycles. The van der Waals surface area contributed by atoms with Crippen molar-refractivity contribution in [1.29, 1.82) is 0 Å². The van der Waals surface area contributed by atoms with Crippen LogP contribution >= 0.6 is 0 Å². The van der Waals surface area contributed by atoms with Gasteiger partial charge >= 0.3 is 0 Å². The number of carbonyl (C=O) groups is 1. The molecule has 0 aromatic heterocycles. The van der Waals surface area contributed by atoms with Crippen LogP contribution in [-0.2, 0) is 4.79 Å². The second-order valence-corrected chi connectivity index (χ2v) is 6.43. The van der Waals surface area contributed by atoms with E-state index in [-0.39, 0.29) is 12.5 Å². The molecular weight excluding hydrogens is 298 g/mol. The van der Waals surface area contributed by atoms with Crippen LogP contribution in [0.1, 0.15) is 57.1 Å². The maximum Gasteiger partial charge on any atom is 0.262 e. The van der Waals surface area contributed by atoms with Crippen molar-refractivity contribution in [1.82, 2.24) is 0 Å². The zero-order valence-electron chi connectivity index (χ0n) is 15.0. The molecule has 1 N–H and O–H groups in total. The van der Waals surface area contributed by atoms with Crippen LogP contribution < -0.4 is 10.1 Å². The van der Waals surface area contributed by atoms with E-state index in [1.165, 1.54) is 0 Å². The van der Waals surface area contributed by atoms with E-state index in [9.17, 15) is 4.79 Å². The molecule has 0 unspecified atom stereocenters. The van der Waals surface area contributed by atoms with E-state index in [0.29, 0.717) is 11.8 Å². The highest BCUT2D eigenvalue weighted by Gasteiger charge is 2.12.